The summed E-state index contributed by atoms with van der Waals surface area (Å²) in [6.45, 7) is 7.17. The maximum absolute atomic E-state index is 3.96. The summed E-state index contributed by atoms with van der Waals surface area (Å²) >= 11 is 3.42. The number of hydrogen-bond donors (Lipinski definition) is 0. The molecule has 0 radical (unpaired) electrons. The van der Waals surface area contributed by atoms with E-state index in [0.29, 0.717) is 6.04 Å². The summed E-state index contributed by atoms with van der Waals surface area (Å²) in [6, 6.07) is 8.98. The van der Waals surface area contributed by atoms with Crippen LogP contribution >= 0.6 is 15.9 Å². The Morgan fingerprint density at radius 3 is 2.54 bits per heavy atom. The van der Waals surface area contributed by atoms with E-state index >= 15 is 0 Å². The van der Waals surface area contributed by atoms with Crippen LogP contribution in [-0.4, -0.2) is 12.6 Å². The molecule has 1 unspecified atom stereocenters. The van der Waals surface area contributed by atoms with Crippen LogP contribution in [0.3, 0.4) is 0 Å². The number of halogens is 1. The third kappa shape index (κ3) is 1.78. The molecule has 0 aliphatic carbocycles. The van der Waals surface area contributed by atoms with E-state index in [-0.39, 0.29) is 0 Å². The first-order valence-electron chi connectivity index (χ1n) is 4.36. The van der Waals surface area contributed by atoms with Crippen molar-refractivity contribution < 1.29 is 0 Å². The molecule has 0 bridgehead atoms. The Hall–Kier alpha value is -0.760. The fraction of sp³-hybridized carbons (Fsp3) is 0.273. The minimum atomic E-state index is 0.571. The molecular weight excluding hydrogens is 226 g/mol. The molecule has 1 aromatic carbocycles. The number of anilines is 1. The Morgan fingerprint density at radius 1 is 1.46 bits per heavy atom. The Labute approximate surface area is 87.2 Å². The molecule has 1 nitrogen and oxygen atoms in total. The third-order valence-electron chi connectivity index (χ3n) is 2.34. The Bertz CT molecular complexity index is 328. The van der Waals surface area contributed by atoms with E-state index in [2.05, 4.69) is 58.6 Å². The van der Waals surface area contributed by atoms with Gasteiger partial charge in [-0.05, 0) is 31.2 Å². The second-order valence-electron chi connectivity index (χ2n) is 3.49. The van der Waals surface area contributed by atoms with Gasteiger partial charge in [0.1, 0.15) is 0 Å². The van der Waals surface area contributed by atoms with Crippen molar-refractivity contribution in [1.29, 1.82) is 0 Å². The molecular formula is C11H12BrN. The smallest absolute Gasteiger partial charge is 0.0673 e. The van der Waals surface area contributed by atoms with Gasteiger partial charge in [0.25, 0.3) is 0 Å². The molecule has 0 amide bonds. The van der Waals surface area contributed by atoms with Crippen LogP contribution in [0.2, 0.25) is 0 Å². The van der Waals surface area contributed by atoms with Gasteiger partial charge in [0.2, 0.25) is 0 Å². The molecule has 1 heterocycles. The molecule has 0 saturated carbocycles. The lowest BCUT2D eigenvalue weighted by Crippen LogP contribution is -1.98. The summed E-state index contributed by atoms with van der Waals surface area (Å²) in [5.41, 5.74) is 2.54. The Morgan fingerprint density at radius 2 is 2.08 bits per heavy atom. The molecule has 0 N–H and O–H groups in total. The second-order valence-corrected chi connectivity index (χ2v) is 4.41. The summed E-state index contributed by atoms with van der Waals surface area (Å²) in [5, 5.41) is 0. The zero-order valence-electron chi connectivity index (χ0n) is 7.63. The minimum Gasteiger partial charge on any atom is -0.361 e. The monoisotopic (exact) mass is 237 g/mol. The van der Waals surface area contributed by atoms with Gasteiger partial charge in [-0.1, -0.05) is 28.1 Å². The molecule has 1 aliphatic rings. The van der Waals surface area contributed by atoms with Gasteiger partial charge in [0, 0.05) is 16.7 Å². The SMILES string of the molecule is C=C(C)C1CN1c1ccc(Br)cc1. The zero-order valence-corrected chi connectivity index (χ0v) is 9.21. The highest BCUT2D eigenvalue weighted by atomic mass is 79.9. The van der Waals surface area contributed by atoms with Crippen molar-refractivity contribution in [3.05, 3.63) is 40.9 Å². The van der Waals surface area contributed by atoms with E-state index in [1.54, 1.807) is 0 Å². The first kappa shape index (κ1) is 8.82. The van der Waals surface area contributed by atoms with Crippen LogP contribution in [0.5, 0.6) is 0 Å². The van der Waals surface area contributed by atoms with E-state index in [1.165, 1.54) is 11.3 Å². The first-order valence-corrected chi connectivity index (χ1v) is 5.15. The summed E-state index contributed by atoms with van der Waals surface area (Å²) in [5.74, 6) is 0. The van der Waals surface area contributed by atoms with Crippen molar-refractivity contribution in [3.63, 3.8) is 0 Å². The predicted molar refractivity (Wildman–Crippen MR) is 60.1 cm³/mol. The number of rotatable bonds is 2. The number of nitrogens with zero attached hydrogens (tertiary/aromatic N) is 1. The molecule has 0 aromatic heterocycles. The van der Waals surface area contributed by atoms with E-state index in [0.717, 1.165) is 11.0 Å². The normalized spacial score (nSPS) is 20.2. The Kier molecular flexibility index (Phi) is 2.16. The average molecular weight is 238 g/mol. The van der Waals surface area contributed by atoms with Crippen LogP contribution in [0.15, 0.2) is 40.9 Å². The molecule has 1 saturated heterocycles. The molecule has 13 heavy (non-hydrogen) atoms. The van der Waals surface area contributed by atoms with Crippen molar-refractivity contribution in [2.75, 3.05) is 11.4 Å². The van der Waals surface area contributed by atoms with Gasteiger partial charge in [-0.25, -0.2) is 0 Å². The van der Waals surface area contributed by atoms with Gasteiger partial charge in [-0.2, -0.15) is 0 Å². The van der Waals surface area contributed by atoms with Crippen molar-refractivity contribution in [1.82, 2.24) is 0 Å². The van der Waals surface area contributed by atoms with Crippen molar-refractivity contribution in [2.45, 2.75) is 13.0 Å². The summed E-state index contributed by atoms with van der Waals surface area (Å²) in [7, 11) is 0. The summed E-state index contributed by atoms with van der Waals surface area (Å²) < 4.78 is 1.13. The fourth-order valence-electron chi connectivity index (χ4n) is 1.48. The van der Waals surface area contributed by atoms with Gasteiger partial charge < -0.3 is 4.90 Å². The van der Waals surface area contributed by atoms with Crippen molar-refractivity contribution >= 4 is 21.6 Å². The zero-order chi connectivity index (χ0) is 9.42. The minimum absolute atomic E-state index is 0.571. The lowest BCUT2D eigenvalue weighted by molar-refractivity contribution is 1.15. The van der Waals surface area contributed by atoms with Crippen LogP contribution in [0, 0.1) is 0 Å². The van der Waals surface area contributed by atoms with E-state index < -0.39 is 0 Å². The van der Waals surface area contributed by atoms with E-state index in [9.17, 15) is 0 Å². The van der Waals surface area contributed by atoms with Crippen LogP contribution in [0.25, 0.3) is 0 Å². The van der Waals surface area contributed by atoms with E-state index in [4.69, 9.17) is 0 Å². The van der Waals surface area contributed by atoms with Gasteiger partial charge in [-0.3, -0.25) is 0 Å². The molecule has 68 valence electrons. The van der Waals surface area contributed by atoms with Crippen LogP contribution < -0.4 is 4.90 Å². The lowest BCUT2D eigenvalue weighted by atomic mass is 10.2. The summed E-state index contributed by atoms with van der Waals surface area (Å²) in [6.07, 6.45) is 0. The largest absolute Gasteiger partial charge is 0.361 e. The molecule has 2 rings (SSSR count). The lowest BCUT2D eigenvalue weighted by Gasteiger charge is -2.04. The van der Waals surface area contributed by atoms with Gasteiger partial charge in [-0.15, -0.1) is 0 Å². The first-order chi connectivity index (χ1) is 6.18. The second kappa shape index (κ2) is 3.18. The Balaban J connectivity index is 2.12. The molecule has 1 fully saturated rings. The maximum Gasteiger partial charge on any atom is 0.0673 e. The molecule has 0 spiro atoms. The van der Waals surface area contributed by atoms with Gasteiger partial charge in [0.05, 0.1) is 6.04 Å². The average Bonchev–Trinajstić information content (AvgIpc) is 2.85. The molecule has 1 atom stereocenters. The molecule has 1 aliphatic heterocycles. The standard InChI is InChI=1S/C11H12BrN/c1-8(2)11-7-13(11)10-5-3-9(12)4-6-10/h3-6,11H,1,7H2,2H3. The van der Waals surface area contributed by atoms with Crippen LogP contribution in [0.4, 0.5) is 5.69 Å². The van der Waals surface area contributed by atoms with Crippen LogP contribution in [-0.2, 0) is 0 Å². The van der Waals surface area contributed by atoms with Crippen molar-refractivity contribution in [2.24, 2.45) is 0 Å². The fourth-order valence-corrected chi connectivity index (χ4v) is 1.74. The number of hydrogen-bond acceptors (Lipinski definition) is 1. The maximum atomic E-state index is 3.96. The third-order valence-corrected chi connectivity index (χ3v) is 2.87. The van der Waals surface area contributed by atoms with Crippen molar-refractivity contribution in [3.8, 4) is 0 Å². The number of benzene rings is 1. The molecule has 2 heteroatoms. The molecule has 1 aromatic rings. The van der Waals surface area contributed by atoms with Gasteiger partial charge in [0.15, 0.2) is 0 Å². The predicted octanol–water partition coefficient (Wildman–Crippen LogP) is 3.21. The van der Waals surface area contributed by atoms with Crippen LogP contribution in [0.1, 0.15) is 6.92 Å². The topological polar surface area (TPSA) is 3.01 Å². The highest BCUT2D eigenvalue weighted by Gasteiger charge is 2.34. The summed E-state index contributed by atoms with van der Waals surface area (Å²) in [4.78, 5) is 2.34. The quantitative estimate of drug-likeness (QED) is 0.564. The highest BCUT2D eigenvalue weighted by molar-refractivity contribution is 9.10. The van der Waals surface area contributed by atoms with E-state index in [1.807, 2.05) is 0 Å². The van der Waals surface area contributed by atoms with Gasteiger partial charge >= 0.3 is 0 Å². The highest BCUT2D eigenvalue weighted by Crippen LogP contribution is 2.31.